The molecule has 3 nitrogen and oxygen atoms in total. The molecular weight excluding hydrogens is 236 g/mol. The van der Waals surface area contributed by atoms with Gasteiger partial charge in [0.2, 0.25) is 0 Å². The highest BCUT2D eigenvalue weighted by Gasteiger charge is 2.35. The topological polar surface area (TPSA) is 24.5 Å². The van der Waals surface area contributed by atoms with Gasteiger partial charge in [-0.1, -0.05) is 38.1 Å². The molecule has 3 atom stereocenters. The molecule has 0 aliphatic carbocycles. The van der Waals surface area contributed by atoms with Crippen molar-refractivity contribution in [2.45, 2.75) is 31.9 Å². The summed E-state index contributed by atoms with van der Waals surface area (Å²) in [5, 5.41) is 3.52. The van der Waals surface area contributed by atoms with E-state index in [1.54, 1.807) is 0 Å². The standard InChI is InChI=1S/C16H24N2O/c1-3-18-9-8-17-10-15(18)16-14-7-5-4-6-13(14)12(2)11-19-16/h4-7,12,15-17H,3,8-11H2,1-2H3. The zero-order valence-corrected chi connectivity index (χ0v) is 11.9. The van der Waals surface area contributed by atoms with Gasteiger partial charge in [-0.15, -0.1) is 0 Å². The van der Waals surface area contributed by atoms with Crippen LogP contribution in [0.4, 0.5) is 0 Å². The first-order valence-corrected chi connectivity index (χ1v) is 7.46. The van der Waals surface area contributed by atoms with E-state index in [0.29, 0.717) is 12.0 Å². The van der Waals surface area contributed by atoms with Gasteiger partial charge in [0.1, 0.15) is 0 Å². The molecule has 0 bridgehead atoms. The highest BCUT2D eigenvalue weighted by atomic mass is 16.5. The molecule has 2 heterocycles. The zero-order chi connectivity index (χ0) is 13.2. The second-order valence-corrected chi connectivity index (χ2v) is 5.68. The first-order valence-electron chi connectivity index (χ1n) is 7.46. The summed E-state index contributed by atoms with van der Waals surface area (Å²) < 4.78 is 6.21. The van der Waals surface area contributed by atoms with Crippen molar-refractivity contribution in [2.24, 2.45) is 0 Å². The van der Waals surface area contributed by atoms with E-state index in [1.807, 2.05) is 0 Å². The Bertz CT molecular complexity index is 435. The van der Waals surface area contributed by atoms with Crippen LogP contribution in [-0.2, 0) is 4.74 Å². The van der Waals surface area contributed by atoms with Crippen LogP contribution in [-0.4, -0.2) is 43.7 Å². The predicted molar refractivity (Wildman–Crippen MR) is 77.5 cm³/mol. The van der Waals surface area contributed by atoms with Crippen molar-refractivity contribution in [3.63, 3.8) is 0 Å². The minimum atomic E-state index is 0.222. The third-order valence-electron chi connectivity index (χ3n) is 4.51. The van der Waals surface area contributed by atoms with Gasteiger partial charge in [0, 0.05) is 25.6 Å². The Kier molecular flexibility index (Phi) is 3.87. The fourth-order valence-electron chi connectivity index (χ4n) is 3.42. The monoisotopic (exact) mass is 260 g/mol. The minimum absolute atomic E-state index is 0.222. The molecule has 1 saturated heterocycles. The van der Waals surface area contributed by atoms with Crippen molar-refractivity contribution in [2.75, 3.05) is 32.8 Å². The number of piperazine rings is 1. The predicted octanol–water partition coefficient (Wildman–Crippen LogP) is 2.16. The molecule has 0 spiro atoms. The average Bonchev–Trinajstić information content (AvgIpc) is 2.48. The SMILES string of the molecule is CCN1CCNCC1C1OCC(C)c2ccccc21. The quantitative estimate of drug-likeness (QED) is 0.882. The van der Waals surface area contributed by atoms with Gasteiger partial charge in [0.05, 0.1) is 18.8 Å². The van der Waals surface area contributed by atoms with E-state index in [0.717, 1.165) is 32.8 Å². The summed E-state index contributed by atoms with van der Waals surface area (Å²) in [4.78, 5) is 2.55. The fraction of sp³-hybridized carbons (Fsp3) is 0.625. The molecule has 2 aliphatic heterocycles. The maximum Gasteiger partial charge on any atom is 0.0995 e. The molecule has 1 aromatic carbocycles. The van der Waals surface area contributed by atoms with Gasteiger partial charge in [-0.25, -0.2) is 0 Å². The van der Waals surface area contributed by atoms with Crippen LogP contribution in [0.25, 0.3) is 0 Å². The van der Waals surface area contributed by atoms with E-state index in [1.165, 1.54) is 11.1 Å². The minimum Gasteiger partial charge on any atom is -0.371 e. The summed E-state index contributed by atoms with van der Waals surface area (Å²) in [7, 11) is 0. The highest BCUT2D eigenvalue weighted by Crippen LogP contribution is 2.37. The maximum absolute atomic E-state index is 6.21. The van der Waals surface area contributed by atoms with Crippen molar-refractivity contribution in [1.82, 2.24) is 10.2 Å². The van der Waals surface area contributed by atoms with E-state index >= 15 is 0 Å². The molecular formula is C16H24N2O. The van der Waals surface area contributed by atoms with Gasteiger partial charge >= 0.3 is 0 Å². The zero-order valence-electron chi connectivity index (χ0n) is 11.9. The molecule has 19 heavy (non-hydrogen) atoms. The van der Waals surface area contributed by atoms with Crippen LogP contribution in [0, 0.1) is 0 Å². The first kappa shape index (κ1) is 13.1. The van der Waals surface area contributed by atoms with Gasteiger partial charge in [0.15, 0.2) is 0 Å². The molecule has 1 aromatic rings. The van der Waals surface area contributed by atoms with Crippen LogP contribution >= 0.6 is 0 Å². The lowest BCUT2D eigenvalue weighted by molar-refractivity contribution is -0.0375. The average molecular weight is 260 g/mol. The lowest BCUT2D eigenvalue weighted by atomic mass is 9.87. The number of nitrogens with zero attached hydrogens (tertiary/aromatic N) is 1. The summed E-state index contributed by atoms with van der Waals surface area (Å²) in [5.41, 5.74) is 2.87. The number of likely N-dealkylation sites (N-methyl/N-ethyl adjacent to an activating group) is 1. The van der Waals surface area contributed by atoms with Crippen LogP contribution in [0.3, 0.4) is 0 Å². The number of fused-ring (bicyclic) bond motifs is 1. The number of nitrogens with one attached hydrogen (secondary N) is 1. The Balaban J connectivity index is 1.91. The summed E-state index contributed by atoms with van der Waals surface area (Å²) in [6.45, 7) is 9.69. The van der Waals surface area contributed by atoms with Crippen molar-refractivity contribution in [3.8, 4) is 0 Å². The molecule has 0 amide bonds. The Morgan fingerprint density at radius 2 is 2.11 bits per heavy atom. The molecule has 1 fully saturated rings. The van der Waals surface area contributed by atoms with Crippen LogP contribution in [0.2, 0.25) is 0 Å². The highest BCUT2D eigenvalue weighted by molar-refractivity contribution is 5.34. The smallest absolute Gasteiger partial charge is 0.0995 e. The number of hydrogen-bond donors (Lipinski definition) is 1. The number of benzene rings is 1. The first-order chi connectivity index (χ1) is 9.31. The van der Waals surface area contributed by atoms with Crippen molar-refractivity contribution in [1.29, 1.82) is 0 Å². The Labute approximate surface area is 115 Å². The van der Waals surface area contributed by atoms with Gasteiger partial charge in [0.25, 0.3) is 0 Å². The lowest BCUT2D eigenvalue weighted by Crippen LogP contribution is -2.54. The third-order valence-corrected chi connectivity index (χ3v) is 4.51. The largest absolute Gasteiger partial charge is 0.371 e. The molecule has 3 rings (SSSR count). The van der Waals surface area contributed by atoms with Gasteiger partial charge in [-0.2, -0.15) is 0 Å². The molecule has 3 unspecified atom stereocenters. The van der Waals surface area contributed by atoms with Gasteiger partial charge in [-0.3, -0.25) is 4.90 Å². The molecule has 0 aromatic heterocycles. The second-order valence-electron chi connectivity index (χ2n) is 5.68. The third kappa shape index (κ3) is 2.42. The van der Waals surface area contributed by atoms with Crippen molar-refractivity contribution in [3.05, 3.63) is 35.4 Å². The van der Waals surface area contributed by atoms with Crippen molar-refractivity contribution >= 4 is 0 Å². The van der Waals surface area contributed by atoms with Gasteiger partial charge < -0.3 is 10.1 Å². The molecule has 3 heteroatoms. The Morgan fingerprint density at radius 3 is 2.89 bits per heavy atom. The summed E-state index contributed by atoms with van der Waals surface area (Å²) in [6, 6.07) is 9.27. The number of rotatable bonds is 2. The molecule has 104 valence electrons. The van der Waals surface area contributed by atoms with Crippen LogP contribution in [0.1, 0.15) is 37.0 Å². The van der Waals surface area contributed by atoms with E-state index in [9.17, 15) is 0 Å². The van der Waals surface area contributed by atoms with E-state index in [-0.39, 0.29) is 6.10 Å². The van der Waals surface area contributed by atoms with Crippen LogP contribution in [0.15, 0.2) is 24.3 Å². The maximum atomic E-state index is 6.21. The molecule has 0 radical (unpaired) electrons. The summed E-state index contributed by atoms with van der Waals surface area (Å²) in [6.07, 6.45) is 0.222. The van der Waals surface area contributed by atoms with Gasteiger partial charge in [-0.05, 0) is 17.7 Å². The van der Waals surface area contributed by atoms with E-state index < -0.39 is 0 Å². The second kappa shape index (κ2) is 5.61. The van der Waals surface area contributed by atoms with Crippen molar-refractivity contribution < 1.29 is 4.74 Å². The van der Waals surface area contributed by atoms with Crippen LogP contribution < -0.4 is 5.32 Å². The number of hydrogen-bond acceptors (Lipinski definition) is 3. The fourth-order valence-corrected chi connectivity index (χ4v) is 3.42. The molecule has 0 saturated carbocycles. The number of ether oxygens (including phenoxy) is 1. The summed E-state index contributed by atoms with van der Waals surface area (Å²) >= 11 is 0. The van der Waals surface area contributed by atoms with E-state index in [4.69, 9.17) is 4.74 Å². The Morgan fingerprint density at radius 1 is 1.32 bits per heavy atom. The van der Waals surface area contributed by atoms with E-state index in [2.05, 4.69) is 48.3 Å². The molecule has 2 aliphatic rings. The Hall–Kier alpha value is -0.900. The molecule has 1 N–H and O–H groups in total. The lowest BCUT2D eigenvalue weighted by Gasteiger charge is -2.43. The summed E-state index contributed by atoms with van der Waals surface area (Å²) in [5.74, 6) is 0.513. The van der Waals surface area contributed by atoms with Crippen LogP contribution in [0.5, 0.6) is 0 Å². The normalized spacial score (nSPS) is 32.0.